The fourth-order valence-corrected chi connectivity index (χ4v) is 4.57. The van der Waals surface area contributed by atoms with E-state index in [1.165, 1.54) is 49.1 Å². The van der Waals surface area contributed by atoms with E-state index in [1.807, 2.05) is 48.5 Å². The molecule has 1 aliphatic rings. The van der Waals surface area contributed by atoms with Crippen LogP contribution in [0.1, 0.15) is 37.2 Å². The van der Waals surface area contributed by atoms with Gasteiger partial charge in [0.25, 0.3) is 0 Å². The molecule has 0 unspecified atom stereocenters. The van der Waals surface area contributed by atoms with Gasteiger partial charge in [0, 0.05) is 16.5 Å². The third kappa shape index (κ3) is 3.42. The molecule has 1 heterocycles. The van der Waals surface area contributed by atoms with E-state index < -0.39 is 5.63 Å². The van der Waals surface area contributed by atoms with Crippen molar-refractivity contribution >= 4 is 11.8 Å². The van der Waals surface area contributed by atoms with Crippen molar-refractivity contribution in [3.63, 3.8) is 0 Å². The zero-order chi connectivity index (χ0) is 17.9. The van der Waals surface area contributed by atoms with Gasteiger partial charge in [-0.05, 0) is 30.4 Å². The van der Waals surface area contributed by atoms with Crippen molar-refractivity contribution in [3.8, 4) is 17.1 Å². The molecule has 0 spiro atoms. The van der Waals surface area contributed by atoms with Gasteiger partial charge in [-0.25, -0.2) is 4.79 Å². The average Bonchev–Trinajstić information content (AvgIpc) is 3.20. The molecule has 4 heteroatoms. The largest absolute Gasteiger partial charge is 0.506 e. The van der Waals surface area contributed by atoms with Crippen LogP contribution in [0.15, 0.2) is 79.7 Å². The summed E-state index contributed by atoms with van der Waals surface area (Å²) in [4.78, 5) is 13.8. The first-order valence-electron chi connectivity index (χ1n) is 8.91. The first-order valence-corrected chi connectivity index (χ1v) is 9.73. The molecule has 4 rings (SSSR count). The molecule has 2 aromatic carbocycles. The van der Waals surface area contributed by atoms with Crippen LogP contribution in [-0.4, -0.2) is 5.11 Å². The summed E-state index contributed by atoms with van der Waals surface area (Å²) in [6.45, 7) is 0. The van der Waals surface area contributed by atoms with Gasteiger partial charge in [0.15, 0.2) is 0 Å². The molecular formula is C22H20O3S. The minimum absolute atomic E-state index is 0.0358. The van der Waals surface area contributed by atoms with Crippen LogP contribution in [0.25, 0.3) is 11.3 Å². The molecule has 0 atom stereocenters. The Bertz CT molecular complexity index is 957. The van der Waals surface area contributed by atoms with Crippen molar-refractivity contribution in [2.24, 2.45) is 0 Å². The summed E-state index contributed by atoms with van der Waals surface area (Å²) in [6.07, 6.45) is 4.88. The normalized spacial score (nSPS) is 14.6. The lowest BCUT2D eigenvalue weighted by molar-refractivity contribution is 0.430. The van der Waals surface area contributed by atoms with E-state index in [4.69, 9.17) is 4.42 Å². The Morgan fingerprint density at radius 1 is 0.962 bits per heavy atom. The summed E-state index contributed by atoms with van der Waals surface area (Å²) in [5.74, 6) is 0.879. The van der Waals surface area contributed by atoms with Crippen molar-refractivity contribution in [1.82, 2.24) is 0 Å². The monoisotopic (exact) mass is 364 g/mol. The highest BCUT2D eigenvalue weighted by Crippen LogP contribution is 2.42. The molecule has 0 saturated heterocycles. The first kappa shape index (κ1) is 17.0. The van der Waals surface area contributed by atoms with E-state index in [0.29, 0.717) is 11.7 Å². The van der Waals surface area contributed by atoms with E-state index in [-0.39, 0.29) is 10.6 Å². The first-order chi connectivity index (χ1) is 12.7. The maximum Gasteiger partial charge on any atom is 0.354 e. The van der Waals surface area contributed by atoms with Gasteiger partial charge in [-0.2, -0.15) is 0 Å². The van der Waals surface area contributed by atoms with Gasteiger partial charge in [0.1, 0.15) is 16.4 Å². The summed E-state index contributed by atoms with van der Waals surface area (Å²) in [7, 11) is 0. The topological polar surface area (TPSA) is 50.4 Å². The predicted molar refractivity (Wildman–Crippen MR) is 104 cm³/mol. The number of benzene rings is 2. The molecule has 132 valence electrons. The van der Waals surface area contributed by atoms with Crippen LogP contribution in [0.3, 0.4) is 0 Å². The second-order valence-electron chi connectivity index (χ2n) is 6.60. The molecule has 0 amide bonds. The average molecular weight is 364 g/mol. The van der Waals surface area contributed by atoms with Crippen molar-refractivity contribution in [3.05, 3.63) is 76.6 Å². The van der Waals surface area contributed by atoms with Gasteiger partial charge in [-0.3, -0.25) is 0 Å². The molecule has 0 bridgehead atoms. The standard InChI is InChI=1S/C22H20O3S/c23-18-14-19(16-10-2-1-3-11-16)25-22(24)21(18)26-20-13-7-6-12-17(20)15-8-4-5-9-15/h1-3,6-7,10-15,23H,4-5,8-9H2. The summed E-state index contributed by atoms with van der Waals surface area (Å²) < 4.78 is 5.48. The molecular weight excluding hydrogens is 344 g/mol. The Labute approximate surface area is 156 Å². The lowest BCUT2D eigenvalue weighted by atomic mass is 9.98. The van der Waals surface area contributed by atoms with Crippen LogP contribution < -0.4 is 5.63 Å². The molecule has 1 fully saturated rings. The second-order valence-corrected chi connectivity index (χ2v) is 7.65. The Kier molecular flexibility index (Phi) is 4.85. The summed E-state index contributed by atoms with van der Waals surface area (Å²) >= 11 is 1.30. The van der Waals surface area contributed by atoms with Crippen LogP contribution in [0.5, 0.6) is 5.75 Å². The molecule has 1 aromatic heterocycles. The SMILES string of the molecule is O=c1oc(-c2ccccc2)cc(O)c1Sc1ccccc1C1CCCC1. The van der Waals surface area contributed by atoms with Crippen molar-refractivity contribution in [2.45, 2.75) is 41.4 Å². The molecule has 3 nitrogen and oxygen atoms in total. The molecule has 3 aromatic rings. The highest BCUT2D eigenvalue weighted by atomic mass is 32.2. The van der Waals surface area contributed by atoms with Gasteiger partial charge in [0.2, 0.25) is 0 Å². The Hall–Kier alpha value is -2.46. The minimum Gasteiger partial charge on any atom is -0.506 e. The molecule has 0 radical (unpaired) electrons. The van der Waals surface area contributed by atoms with Crippen LogP contribution in [0, 0.1) is 0 Å². The van der Waals surface area contributed by atoms with Gasteiger partial charge in [0.05, 0.1) is 0 Å². The smallest absolute Gasteiger partial charge is 0.354 e. The molecule has 1 N–H and O–H groups in total. The minimum atomic E-state index is -0.505. The fourth-order valence-electron chi connectivity index (χ4n) is 3.57. The number of rotatable bonds is 4. The van der Waals surface area contributed by atoms with Crippen LogP contribution in [-0.2, 0) is 0 Å². The maximum absolute atomic E-state index is 12.5. The Balaban J connectivity index is 1.69. The third-order valence-corrected chi connectivity index (χ3v) is 6.04. The Morgan fingerprint density at radius 2 is 1.65 bits per heavy atom. The van der Waals surface area contributed by atoms with Gasteiger partial charge in [-0.15, -0.1) is 0 Å². The lowest BCUT2D eigenvalue weighted by Crippen LogP contribution is -2.04. The van der Waals surface area contributed by atoms with Crippen molar-refractivity contribution in [1.29, 1.82) is 0 Å². The van der Waals surface area contributed by atoms with E-state index in [9.17, 15) is 9.90 Å². The predicted octanol–water partition coefficient (Wildman–Crippen LogP) is 5.82. The summed E-state index contributed by atoms with van der Waals surface area (Å²) in [6, 6.07) is 19.0. The van der Waals surface area contributed by atoms with E-state index in [1.54, 1.807) is 0 Å². The highest BCUT2D eigenvalue weighted by molar-refractivity contribution is 7.99. The maximum atomic E-state index is 12.5. The summed E-state index contributed by atoms with van der Waals surface area (Å²) in [5, 5.41) is 10.5. The molecule has 0 aliphatic heterocycles. The summed E-state index contributed by atoms with van der Waals surface area (Å²) in [5.41, 5.74) is 1.53. The van der Waals surface area contributed by atoms with E-state index in [2.05, 4.69) is 6.07 Å². The van der Waals surface area contributed by atoms with Gasteiger partial charge in [-0.1, -0.05) is 73.1 Å². The number of hydrogen-bond acceptors (Lipinski definition) is 4. The fraction of sp³-hybridized carbons (Fsp3) is 0.227. The second kappa shape index (κ2) is 7.42. The molecule has 26 heavy (non-hydrogen) atoms. The van der Waals surface area contributed by atoms with Crippen molar-refractivity contribution < 1.29 is 9.52 Å². The zero-order valence-electron chi connectivity index (χ0n) is 14.4. The van der Waals surface area contributed by atoms with Crippen LogP contribution in [0.2, 0.25) is 0 Å². The van der Waals surface area contributed by atoms with Crippen LogP contribution in [0.4, 0.5) is 0 Å². The van der Waals surface area contributed by atoms with Crippen molar-refractivity contribution in [2.75, 3.05) is 0 Å². The van der Waals surface area contributed by atoms with E-state index in [0.717, 1.165) is 10.5 Å². The quantitative estimate of drug-likeness (QED) is 0.633. The van der Waals surface area contributed by atoms with Crippen LogP contribution >= 0.6 is 11.8 Å². The lowest BCUT2D eigenvalue weighted by Gasteiger charge is -2.15. The number of aromatic hydroxyl groups is 1. The molecule has 1 saturated carbocycles. The van der Waals surface area contributed by atoms with E-state index >= 15 is 0 Å². The molecule has 1 aliphatic carbocycles. The highest BCUT2D eigenvalue weighted by Gasteiger charge is 2.22. The Morgan fingerprint density at radius 3 is 2.38 bits per heavy atom. The zero-order valence-corrected chi connectivity index (χ0v) is 15.2. The number of hydrogen-bond donors (Lipinski definition) is 1. The third-order valence-electron chi connectivity index (χ3n) is 4.87. The van der Waals surface area contributed by atoms with Gasteiger partial charge >= 0.3 is 5.63 Å². The van der Waals surface area contributed by atoms with Gasteiger partial charge < -0.3 is 9.52 Å².